The third-order valence-corrected chi connectivity index (χ3v) is 6.42. The Morgan fingerprint density at radius 1 is 1.25 bits per heavy atom. The van der Waals surface area contributed by atoms with Crippen molar-refractivity contribution in [2.24, 2.45) is 0 Å². The van der Waals surface area contributed by atoms with Crippen LogP contribution in [0, 0.1) is 0 Å². The summed E-state index contributed by atoms with van der Waals surface area (Å²) in [5.74, 6) is 0.689. The Labute approximate surface area is 147 Å². The first-order valence-corrected chi connectivity index (χ1v) is 10.3. The Morgan fingerprint density at radius 2 is 2.08 bits per heavy atom. The minimum Gasteiger partial charge on any atom is -0.376 e. The first-order valence-electron chi connectivity index (χ1n) is 9.40. The average Bonchev–Trinajstić information content (AvgIpc) is 3.06. The Balaban J connectivity index is 1.34. The van der Waals surface area contributed by atoms with Crippen LogP contribution in [0.15, 0.2) is 5.38 Å². The van der Waals surface area contributed by atoms with Crippen molar-refractivity contribution in [2.45, 2.75) is 76.0 Å². The van der Waals surface area contributed by atoms with Gasteiger partial charge in [-0.3, -0.25) is 0 Å². The number of rotatable bonds is 6. The molecule has 4 rings (SSSR count). The standard InChI is InChI=1S/C18H27N3O2S/c22-18(19-10-14-12-24-17(20-14)13-7-8-13)21(15-4-1-2-5-15)11-16-6-3-9-23-16/h12-13,15-16H,1-11H2,(H,19,22). The zero-order valence-electron chi connectivity index (χ0n) is 14.2. The Kier molecular flexibility index (Phi) is 5.03. The number of carbonyl (C=O) groups is 1. The van der Waals surface area contributed by atoms with Gasteiger partial charge in [0.05, 0.1) is 23.4 Å². The monoisotopic (exact) mass is 349 g/mol. The molecule has 0 radical (unpaired) electrons. The van der Waals surface area contributed by atoms with E-state index in [1.165, 1.54) is 30.7 Å². The highest BCUT2D eigenvalue weighted by molar-refractivity contribution is 7.09. The molecule has 132 valence electrons. The van der Waals surface area contributed by atoms with Crippen LogP contribution >= 0.6 is 11.3 Å². The number of ether oxygens (including phenoxy) is 1. The van der Waals surface area contributed by atoms with Crippen molar-refractivity contribution < 1.29 is 9.53 Å². The molecule has 3 aliphatic rings. The summed E-state index contributed by atoms with van der Waals surface area (Å²) in [6.45, 7) is 2.12. The number of hydrogen-bond acceptors (Lipinski definition) is 4. The first kappa shape index (κ1) is 16.3. The van der Waals surface area contributed by atoms with Gasteiger partial charge in [-0.1, -0.05) is 12.8 Å². The van der Waals surface area contributed by atoms with Gasteiger partial charge < -0.3 is 15.0 Å². The minimum absolute atomic E-state index is 0.0540. The van der Waals surface area contributed by atoms with Gasteiger partial charge in [-0.2, -0.15) is 0 Å². The summed E-state index contributed by atoms with van der Waals surface area (Å²) in [6.07, 6.45) is 9.68. The lowest BCUT2D eigenvalue weighted by Crippen LogP contribution is -2.48. The van der Waals surface area contributed by atoms with Gasteiger partial charge in [0.2, 0.25) is 0 Å². The smallest absolute Gasteiger partial charge is 0.318 e. The molecule has 24 heavy (non-hydrogen) atoms. The van der Waals surface area contributed by atoms with Crippen LogP contribution in [0.2, 0.25) is 0 Å². The highest BCUT2D eigenvalue weighted by Gasteiger charge is 2.30. The molecule has 0 aromatic carbocycles. The second-order valence-electron chi connectivity index (χ2n) is 7.34. The van der Waals surface area contributed by atoms with Crippen molar-refractivity contribution in [2.75, 3.05) is 13.2 Å². The Morgan fingerprint density at radius 3 is 2.79 bits per heavy atom. The van der Waals surface area contributed by atoms with E-state index in [4.69, 9.17) is 4.74 Å². The van der Waals surface area contributed by atoms with Gasteiger partial charge in [0.1, 0.15) is 0 Å². The third-order valence-electron chi connectivity index (χ3n) is 5.37. The first-order chi connectivity index (χ1) is 11.8. The summed E-state index contributed by atoms with van der Waals surface area (Å²) in [5, 5.41) is 6.43. The number of urea groups is 1. The predicted molar refractivity (Wildman–Crippen MR) is 94.3 cm³/mol. The van der Waals surface area contributed by atoms with Gasteiger partial charge in [-0.15, -0.1) is 11.3 Å². The molecule has 2 saturated carbocycles. The number of nitrogens with one attached hydrogen (secondary N) is 1. The molecule has 2 heterocycles. The quantitative estimate of drug-likeness (QED) is 0.853. The summed E-state index contributed by atoms with van der Waals surface area (Å²) in [4.78, 5) is 19.5. The van der Waals surface area contributed by atoms with Gasteiger partial charge in [0.15, 0.2) is 0 Å². The SMILES string of the molecule is O=C(NCc1csc(C2CC2)n1)N(CC1CCCO1)C1CCCC1. The number of amides is 2. The molecular formula is C18H27N3O2S. The van der Waals surface area contributed by atoms with Gasteiger partial charge in [-0.25, -0.2) is 9.78 Å². The van der Waals surface area contributed by atoms with Gasteiger partial charge in [-0.05, 0) is 38.5 Å². The molecule has 2 aliphatic carbocycles. The highest BCUT2D eigenvalue weighted by Crippen LogP contribution is 2.41. The molecule has 6 heteroatoms. The van der Waals surface area contributed by atoms with Crippen molar-refractivity contribution in [3.05, 3.63) is 16.1 Å². The number of thiazole rings is 1. The fourth-order valence-corrected chi connectivity index (χ4v) is 4.80. The number of nitrogens with zero attached hydrogens (tertiary/aromatic N) is 2. The van der Waals surface area contributed by atoms with Gasteiger partial charge >= 0.3 is 6.03 Å². The summed E-state index contributed by atoms with van der Waals surface area (Å²) in [5.41, 5.74) is 0.999. The topological polar surface area (TPSA) is 54.5 Å². The molecule has 1 saturated heterocycles. The van der Waals surface area contributed by atoms with E-state index < -0.39 is 0 Å². The molecule has 0 spiro atoms. The number of carbonyl (C=O) groups excluding carboxylic acids is 1. The molecule has 2 amide bonds. The second kappa shape index (κ2) is 7.40. The van der Waals surface area contributed by atoms with Crippen molar-refractivity contribution in [1.82, 2.24) is 15.2 Å². The van der Waals surface area contributed by atoms with E-state index in [-0.39, 0.29) is 12.1 Å². The van der Waals surface area contributed by atoms with Gasteiger partial charge in [0, 0.05) is 30.5 Å². The van der Waals surface area contributed by atoms with E-state index in [1.54, 1.807) is 11.3 Å². The van der Waals surface area contributed by atoms with Crippen LogP contribution in [0.25, 0.3) is 0 Å². The number of aromatic nitrogens is 1. The van der Waals surface area contributed by atoms with E-state index >= 15 is 0 Å². The lowest BCUT2D eigenvalue weighted by Gasteiger charge is -2.31. The third kappa shape index (κ3) is 3.91. The lowest BCUT2D eigenvalue weighted by atomic mass is 10.1. The largest absolute Gasteiger partial charge is 0.376 e. The molecule has 3 fully saturated rings. The van der Waals surface area contributed by atoms with Crippen molar-refractivity contribution in [3.63, 3.8) is 0 Å². The van der Waals surface area contributed by atoms with Crippen LogP contribution in [0.3, 0.4) is 0 Å². The van der Waals surface area contributed by atoms with E-state index in [9.17, 15) is 4.79 Å². The minimum atomic E-state index is 0.0540. The molecule has 1 aromatic rings. The highest BCUT2D eigenvalue weighted by atomic mass is 32.1. The maximum absolute atomic E-state index is 12.8. The summed E-state index contributed by atoms with van der Waals surface area (Å²) < 4.78 is 5.76. The normalized spacial score (nSPS) is 24.4. The molecule has 5 nitrogen and oxygen atoms in total. The van der Waals surface area contributed by atoms with Gasteiger partial charge in [0.25, 0.3) is 0 Å². The molecule has 1 atom stereocenters. The van der Waals surface area contributed by atoms with Crippen LogP contribution < -0.4 is 5.32 Å². The van der Waals surface area contributed by atoms with Crippen molar-refractivity contribution in [3.8, 4) is 0 Å². The zero-order chi connectivity index (χ0) is 16.4. The maximum Gasteiger partial charge on any atom is 0.318 e. The lowest BCUT2D eigenvalue weighted by molar-refractivity contribution is 0.0698. The Bertz CT molecular complexity index is 560. The molecule has 0 bridgehead atoms. The van der Waals surface area contributed by atoms with E-state index in [0.717, 1.165) is 44.5 Å². The maximum atomic E-state index is 12.8. The molecule has 1 unspecified atom stereocenters. The number of hydrogen-bond donors (Lipinski definition) is 1. The molecule has 1 aliphatic heterocycles. The van der Waals surface area contributed by atoms with E-state index in [0.29, 0.717) is 18.5 Å². The van der Waals surface area contributed by atoms with Crippen LogP contribution in [-0.4, -0.2) is 41.2 Å². The fourth-order valence-electron chi connectivity index (χ4n) is 3.81. The van der Waals surface area contributed by atoms with Crippen molar-refractivity contribution in [1.29, 1.82) is 0 Å². The van der Waals surface area contributed by atoms with E-state index in [2.05, 4.69) is 15.7 Å². The van der Waals surface area contributed by atoms with Crippen molar-refractivity contribution >= 4 is 17.4 Å². The van der Waals surface area contributed by atoms with Crippen LogP contribution in [0.5, 0.6) is 0 Å². The summed E-state index contributed by atoms with van der Waals surface area (Å²) in [7, 11) is 0. The molecule has 1 N–H and O–H groups in total. The summed E-state index contributed by atoms with van der Waals surface area (Å²) >= 11 is 1.74. The second-order valence-corrected chi connectivity index (χ2v) is 8.23. The van der Waals surface area contributed by atoms with Crippen LogP contribution in [0.1, 0.15) is 68.0 Å². The average molecular weight is 350 g/mol. The fraction of sp³-hybridized carbons (Fsp3) is 0.778. The zero-order valence-corrected chi connectivity index (χ0v) is 15.0. The molecular weight excluding hydrogens is 322 g/mol. The van der Waals surface area contributed by atoms with Crippen LogP contribution in [-0.2, 0) is 11.3 Å². The summed E-state index contributed by atoms with van der Waals surface area (Å²) in [6, 6.07) is 0.435. The van der Waals surface area contributed by atoms with Crippen LogP contribution in [0.4, 0.5) is 4.79 Å². The predicted octanol–water partition coefficient (Wildman–Crippen LogP) is 3.65. The van der Waals surface area contributed by atoms with E-state index in [1.807, 2.05) is 4.90 Å². The Hall–Kier alpha value is -1.14. The molecule has 1 aromatic heterocycles.